The second-order valence-corrected chi connectivity index (χ2v) is 6.50. The van der Waals surface area contributed by atoms with Crippen LogP contribution in [0.15, 0.2) is 36.9 Å². The summed E-state index contributed by atoms with van der Waals surface area (Å²) >= 11 is 1.95. The van der Waals surface area contributed by atoms with E-state index in [1.54, 1.807) is 11.0 Å². The van der Waals surface area contributed by atoms with Crippen molar-refractivity contribution in [2.75, 3.05) is 16.8 Å². The Morgan fingerprint density at radius 2 is 2.23 bits per heavy atom. The van der Waals surface area contributed by atoms with Crippen LogP contribution in [0, 0.1) is 0 Å². The Balaban J connectivity index is 1.56. The number of nitrogens with one attached hydrogen (secondary N) is 2. The number of carbonyl (C=O) groups excluding carboxylic acids is 1. The van der Waals surface area contributed by atoms with E-state index in [4.69, 9.17) is 0 Å². The molecule has 1 aromatic heterocycles. The lowest BCUT2D eigenvalue weighted by atomic mass is 10.1. The molecule has 0 saturated carbocycles. The summed E-state index contributed by atoms with van der Waals surface area (Å²) in [6, 6.07) is 7.94. The molecule has 0 atom stereocenters. The van der Waals surface area contributed by atoms with Crippen LogP contribution in [0.3, 0.4) is 0 Å². The Labute approximate surface area is 133 Å². The molecule has 2 amide bonds. The molecule has 1 saturated heterocycles. The number of hydrogen-bond acceptors (Lipinski definition) is 4. The summed E-state index contributed by atoms with van der Waals surface area (Å²) in [6.07, 6.45) is 5.28. The molecule has 1 aliphatic heterocycles. The highest BCUT2D eigenvalue weighted by molar-refractivity contribution is 7.99. The van der Waals surface area contributed by atoms with Crippen LogP contribution in [-0.2, 0) is 6.54 Å². The number of carbonyl (C=O) groups is 1. The van der Waals surface area contributed by atoms with Crippen molar-refractivity contribution in [2.24, 2.45) is 0 Å². The van der Waals surface area contributed by atoms with Gasteiger partial charge in [-0.1, -0.05) is 12.1 Å². The Morgan fingerprint density at radius 1 is 1.36 bits per heavy atom. The fourth-order valence-electron chi connectivity index (χ4n) is 2.44. The van der Waals surface area contributed by atoms with Gasteiger partial charge in [0, 0.05) is 11.7 Å². The molecule has 2 N–H and O–H groups in total. The van der Waals surface area contributed by atoms with E-state index in [1.807, 2.05) is 36.0 Å². The largest absolute Gasteiger partial charge is 0.335 e. The van der Waals surface area contributed by atoms with Crippen LogP contribution in [0.25, 0.3) is 0 Å². The van der Waals surface area contributed by atoms with Crippen LogP contribution < -0.4 is 10.6 Å². The number of benzene rings is 1. The van der Waals surface area contributed by atoms with Crippen LogP contribution in [-0.4, -0.2) is 38.3 Å². The zero-order chi connectivity index (χ0) is 15.2. The van der Waals surface area contributed by atoms with Gasteiger partial charge in [0.05, 0.1) is 6.54 Å². The zero-order valence-corrected chi connectivity index (χ0v) is 13.1. The quantitative estimate of drug-likeness (QED) is 0.908. The summed E-state index contributed by atoms with van der Waals surface area (Å²) in [5.41, 5.74) is 1.86. The van der Waals surface area contributed by atoms with E-state index in [1.165, 1.54) is 6.33 Å². The van der Waals surface area contributed by atoms with Crippen molar-refractivity contribution in [3.63, 3.8) is 0 Å². The molecule has 3 rings (SSSR count). The summed E-state index contributed by atoms with van der Waals surface area (Å²) in [6.45, 7) is 0.636. The number of amides is 2. The van der Waals surface area contributed by atoms with Gasteiger partial charge in [-0.2, -0.15) is 16.9 Å². The van der Waals surface area contributed by atoms with Gasteiger partial charge in [-0.05, 0) is 42.0 Å². The molecule has 1 aromatic carbocycles. The summed E-state index contributed by atoms with van der Waals surface area (Å²) in [5, 5.41) is 10.0. The second kappa shape index (κ2) is 7.31. The third-order valence-corrected chi connectivity index (χ3v) is 4.60. The van der Waals surface area contributed by atoms with Crippen LogP contribution >= 0.6 is 11.8 Å². The first kappa shape index (κ1) is 14.9. The summed E-state index contributed by atoms with van der Waals surface area (Å²) in [5.74, 6) is 2.25. The summed E-state index contributed by atoms with van der Waals surface area (Å²) in [7, 11) is 0. The SMILES string of the molecule is O=C(Nc1cccc(Cn2cncn2)c1)NC1CCSCC1. The van der Waals surface area contributed by atoms with E-state index in [9.17, 15) is 4.79 Å². The fourth-order valence-corrected chi connectivity index (χ4v) is 3.55. The average molecular weight is 317 g/mol. The maximum Gasteiger partial charge on any atom is 0.319 e. The van der Waals surface area contributed by atoms with Crippen LogP contribution in [0.2, 0.25) is 0 Å². The number of aromatic nitrogens is 3. The molecule has 1 fully saturated rings. The molecule has 0 radical (unpaired) electrons. The first-order valence-electron chi connectivity index (χ1n) is 7.36. The van der Waals surface area contributed by atoms with Crippen molar-refractivity contribution in [2.45, 2.75) is 25.4 Å². The Hall–Kier alpha value is -2.02. The summed E-state index contributed by atoms with van der Waals surface area (Å²) in [4.78, 5) is 16.0. The van der Waals surface area contributed by atoms with Gasteiger partial charge in [-0.25, -0.2) is 14.5 Å². The number of rotatable bonds is 4. The maximum atomic E-state index is 12.1. The van der Waals surface area contributed by atoms with E-state index in [-0.39, 0.29) is 6.03 Å². The molecule has 116 valence electrons. The maximum absolute atomic E-state index is 12.1. The van der Waals surface area contributed by atoms with E-state index in [2.05, 4.69) is 20.7 Å². The molecule has 6 nitrogen and oxygen atoms in total. The molecule has 0 unspecified atom stereocenters. The lowest BCUT2D eigenvalue weighted by Crippen LogP contribution is -2.39. The van der Waals surface area contributed by atoms with Gasteiger partial charge in [0.25, 0.3) is 0 Å². The molecule has 2 heterocycles. The third kappa shape index (κ3) is 4.24. The molecule has 7 heteroatoms. The minimum atomic E-state index is -0.130. The van der Waals surface area contributed by atoms with E-state index in [0.29, 0.717) is 12.6 Å². The highest BCUT2D eigenvalue weighted by Gasteiger charge is 2.15. The van der Waals surface area contributed by atoms with Gasteiger partial charge in [-0.15, -0.1) is 0 Å². The van der Waals surface area contributed by atoms with Gasteiger partial charge >= 0.3 is 6.03 Å². The van der Waals surface area contributed by atoms with Crippen LogP contribution in [0.4, 0.5) is 10.5 Å². The predicted molar refractivity (Wildman–Crippen MR) is 88.1 cm³/mol. The predicted octanol–water partition coefficient (Wildman–Crippen LogP) is 2.34. The lowest BCUT2D eigenvalue weighted by molar-refractivity contribution is 0.247. The highest BCUT2D eigenvalue weighted by atomic mass is 32.2. The lowest BCUT2D eigenvalue weighted by Gasteiger charge is -2.22. The number of hydrogen-bond donors (Lipinski definition) is 2. The molecule has 22 heavy (non-hydrogen) atoms. The monoisotopic (exact) mass is 317 g/mol. The van der Waals surface area contributed by atoms with Gasteiger partial charge in [0.1, 0.15) is 12.7 Å². The Morgan fingerprint density at radius 3 is 3.00 bits per heavy atom. The van der Waals surface area contributed by atoms with Crippen molar-refractivity contribution in [3.05, 3.63) is 42.5 Å². The smallest absolute Gasteiger partial charge is 0.319 e. The van der Waals surface area contributed by atoms with Gasteiger partial charge in [0.15, 0.2) is 0 Å². The van der Waals surface area contributed by atoms with E-state index < -0.39 is 0 Å². The highest BCUT2D eigenvalue weighted by Crippen LogP contribution is 2.17. The zero-order valence-electron chi connectivity index (χ0n) is 12.2. The van der Waals surface area contributed by atoms with Gasteiger partial charge < -0.3 is 10.6 Å². The first-order valence-corrected chi connectivity index (χ1v) is 8.52. The number of nitrogens with zero attached hydrogens (tertiary/aromatic N) is 3. The molecule has 0 spiro atoms. The number of thioether (sulfide) groups is 1. The van der Waals surface area contributed by atoms with Crippen molar-refractivity contribution < 1.29 is 4.79 Å². The number of anilines is 1. The van der Waals surface area contributed by atoms with Crippen molar-refractivity contribution in [1.29, 1.82) is 0 Å². The molecule has 0 bridgehead atoms. The van der Waals surface area contributed by atoms with E-state index >= 15 is 0 Å². The van der Waals surface area contributed by atoms with Gasteiger partial charge in [0.2, 0.25) is 0 Å². The molecule has 2 aromatic rings. The molecule has 1 aliphatic rings. The first-order chi connectivity index (χ1) is 10.8. The van der Waals surface area contributed by atoms with Gasteiger partial charge in [-0.3, -0.25) is 0 Å². The molecular weight excluding hydrogens is 298 g/mol. The molecule has 0 aliphatic carbocycles. The Kier molecular flexibility index (Phi) is 4.95. The molecular formula is C15H19N5OS. The minimum absolute atomic E-state index is 0.130. The van der Waals surface area contributed by atoms with E-state index in [0.717, 1.165) is 35.6 Å². The van der Waals surface area contributed by atoms with Crippen LogP contribution in [0.5, 0.6) is 0 Å². The average Bonchev–Trinajstić information content (AvgIpc) is 3.01. The normalized spacial score (nSPS) is 15.5. The second-order valence-electron chi connectivity index (χ2n) is 5.28. The van der Waals surface area contributed by atoms with Crippen molar-refractivity contribution >= 4 is 23.5 Å². The Bertz CT molecular complexity index is 610. The number of urea groups is 1. The van der Waals surface area contributed by atoms with Crippen molar-refractivity contribution in [3.8, 4) is 0 Å². The fraction of sp³-hybridized carbons (Fsp3) is 0.400. The van der Waals surface area contributed by atoms with Crippen molar-refractivity contribution in [1.82, 2.24) is 20.1 Å². The topological polar surface area (TPSA) is 71.8 Å². The third-order valence-electron chi connectivity index (χ3n) is 3.55. The standard InChI is InChI=1S/C15H19N5OS/c21-15(18-13-4-6-22-7-5-13)19-14-3-1-2-12(8-14)9-20-11-16-10-17-20/h1-3,8,10-11,13H,4-7,9H2,(H2,18,19,21). The van der Waals surface area contributed by atoms with Crippen LogP contribution in [0.1, 0.15) is 18.4 Å². The summed E-state index contributed by atoms with van der Waals surface area (Å²) < 4.78 is 1.75. The minimum Gasteiger partial charge on any atom is -0.335 e.